The Kier molecular flexibility index (Phi) is 6.13. The van der Waals surface area contributed by atoms with Crippen LogP contribution < -0.4 is 5.32 Å². The Morgan fingerprint density at radius 3 is 2.48 bits per heavy atom. The summed E-state index contributed by atoms with van der Waals surface area (Å²) < 4.78 is 0. The molecule has 1 unspecified atom stereocenters. The zero-order valence-corrected chi connectivity index (χ0v) is 18.8. The first-order valence-electron chi connectivity index (χ1n) is 10.5. The summed E-state index contributed by atoms with van der Waals surface area (Å²) in [6, 6.07) is 8.99. The van der Waals surface area contributed by atoms with Crippen LogP contribution in [0.15, 0.2) is 41.9 Å². The largest absolute Gasteiger partial charge is 0.344 e. The van der Waals surface area contributed by atoms with Crippen molar-refractivity contribution in [3.8, 4) is 11.3 Å². The molecule has 1 aromatic carbocycles. The number of amides is 2. The van der Waals surface area contributed by atoms with Crippen molar-refractivity contribution in [2.24, 2.45) is 0 Å². The maximum Gasteiger partial charge on any atom is 0.253 e. The number of carbonyl (C=O) groups is 2. The van der Waals surface area contributed by atoms with Crippen molar-refractivity contribution in [3.05, 3.63) is 69.3 Å². The third-order valence-electron chi connectivity index (χ3n) is 5.47. The van der Waals surface area contributed by atoms with Gasteiger partial charge in [0.2, 0.25) is 0 Å². The lowest BCUT2D eigenvalue weighted by Crippen LogP contribution is -2.29. The van der Waals surface area contributed by atoms with Gasteiger partial charge < -0.3 is 10.2 Å². The Balaban J connectivity index is 1.67. The topological polar surface area (TPSA) is 75.2 Å². The Bertz CT molecular complexity index is 1100. The van der Waals surface area contributed by atoms with E-state index in [2.05, 4.69) is 15.3 Å². The minimum absolute atomic E-state index is 0.0383. The van der Waals surface area contributed by atoms with Gasteiger partial charge in [-0.05, 0) is 63.4 Å². The molecule has 7 heteroatoms. The summed E-state index contributed by atoms with van der Waals surface area (Å²) in [5, 5.41) is 5.92. The van der Waals surface area contributed by atoms with Gasteiger partial charge in [0.15, 0.2) is 0 Å². The molecule has 6 nitrogen and oxygen atoms in total. The number of aryl methyl sites for hydroxylation is 2. The van der Waals surface area contributed by atoms with Crippen LogP contribution in [0.25, 0.3) is 11.3 Å². The van der Waals surface area contributed by atoms with Crippen LogP contribution >= 0.6 is 11.3 Å². The van der Waals surface area contributed by atoms with Gasteiger partial charge in [0, 0.05) is 41.4 Å². The minimum atomic E-state index is -0.234. The number of thiazole rings is 1. The summed E-state index contributed by atoms with van der Waals surface area (Å²) in [5.74, 6) is -0.272. The summed E-state index contributed by atoms with van der Waals surface area (Å²) in [4.78, 5) is 37.0. The van der Waals surface area contributed by atoms with Crippen molar-refractivity contribution in [3.63, 3.8) is 0 Å². The fourth-order valence-corrected chi connectivity index (χ4v) is 4.41. The first-order chi connectivity index (χ1) is 14.9. The molecule has 160 valence electrons. The third-order valence-corrected chi connectivity index (χ3v) is 6.26. The van der Waals surface area contributed by atoms with Crippen molar-refractivity contribution in [1.82, 2.24) is 20.2 Å². The number of nitrogens with one attached hydrogen (secondary N) is 1. The lowest BCUT2D eigenvalue weighted by molar-refractivity contribution is 0.0793. The average Bonchev–Trinajstić information content (AvgIpc) is 3.45. The molecule has 1 aliphatic heterocycles. The van der Waals surface area contributed by atoms with Gasteiger partial charge in [0.05, 0.1) is 22.4 Å². The number of hydrogen-bond acceptors (Lipinski definition) is 5. The monoisotopic (exact) mass is 434 g/mol. The van der Waals surface area contributed by atoms with E-state index in [1.165, 1.54) is 0 Å². The van der Waals surface area contributed by atoms with Gasteiger partial charge in [-0.25, -0.2) is 4.98 Å². The van der Waals surface area contributed by atoms with Gasteiger partial charge in [0.25, 0.3) is 11.8 Å². The lowest BCUT2D eigenvalue weighted by atomic mass is 10.0. The highest BCUT2D eigenvalue weighted by Gasteiger charge is 2.22. The molecule has 1 saturated heterocycles. The summed E-state index contributed by atoms with van der Waals surface area (Å²) in [6.45, 7) is 7.34. The van der Waals surface area contributed by atoms with E-state index in [-0.39, 0.29) is 17.9 Å². The van der Waals surface area contributed by atoms with Gasteiger partial charge in [0.1, 0.15) is 0 Å². The Labute approximate surface area is 186 Å². The first-order valence-corrected chi connectivity index (χ1v) is 11.4. The highest BCUT2D eigenvalue weighted by Crippen LogP contribution is 2.24. The quantitative estimate of drug-likeness (QED) is 0.639. The summed E-state index contributed by atoms with van der Waals surface area (Å²) in [5.41, 5.74) is 4.34. The first kappa shape index (κ1) is 21.2. The van der Waals surface area contributed by atoms with Crippen LogP contribution in [0.2, 0.25) is 0 Å². The van der Waals surface area contributed by atoms with E-state index in [9.17, 15) is 9.59 Å². The third kappa shape index (κ3) is 4.82. The zero-order valence-electron chi connectivity index (χ0n) is 18.0. The molecule has 1 aliphatic rings. The Hall–Kier alpha value is -3.06. The molecule has 0 radical (unpaired) electrons. The molecule has 2 aromatic heterocycles. The number of aromatic nitrogens is 2. The standard InChI is InChI=1S/C24H26N4O2S/c1-15-6-7-21(25-13-15)18-10-19(12-20(11-18)24(30)28-8-4-5-9-28)23(29)26-16(2)22-14-31-17(3)27-22/h6-7,10-14,16H,4-5,8-9H2,1-3H3,(H,26,29). The highest BCUT2D eigenvalue weighted by atomic mass is 32.1. The second-order valence-corrected chi connectivity index (χ2v) is 9.07. The minimum Gasteiger partial charge on any atom is -0.344 e. The van der Waals surface area contributed by atoms with E-state index in [1.807, 2.05) is 49.3 Å². The second-order valence-electron chi connectivity index (χ2n) is 8.01. The highest BCUT2D eigenvalue weighted by molar-refractivity contribution is 7.09. The van der Waals surface area contributed by atoms with Gasteiger partial charge in [-0.2, -0.15) is 0 Å². The number of carbonyl (C=O) groups excluding carboxylic acids is 2. The predicted molar refractivity (Wildman–Crippen MR) is 122 cm³/mol. The van der Waals surface area contributed by atoms with E-state index in [1.54, 1.807) is 29.7 Å². The molecule has 4 rings (SSSR count). The molecule has 0 saturated carbocycles. The van der Waals surface area contributed by atoms with E-state index in [0.29, 0.717) is 11.1 Å². The van der Waals surface area contributed by atoms with Crippen molar-refractivity contribution >= 4 is 23.2 Å². The van der Waals surface area contributed by atoms with Crippen LogP contribution in [0.1, 0.15) is 62.8 Å². The molecular formula is C24H26N4O2S. The van der Waals surface area contributed by atoms with Crippen LogP contribution in [0.4, 0.5) is 0 Å². The molecule has 1 atom stereocenters. The number of pyridine rings is 1. The SMILES string of the molecule is Cc1ccc(-c2cc(C(=O)NC(C)c3csc(C)n3)cc(C(=O)N3CCCC3)c2)nc1. The fraction of sp³-hybridized carbons (Fsp3) is 0.333. The van der Waals surface area contributed by atoms with Crippen molar-refractivity contribution in [1.29, 1.82) is 0 Å². The molecular weight excluding hydrogens is 408 g/mol. The Morgan fingerprint density at radius 2 is 1.84 bits per heavy atom. The second kappa shape index (κ2) is 8.98. The number of hydrogen-bond donors (Lipinski definition) is 1. The fourth-order valence-electron chi connectivity index (χ4n) is 3.70. The number of likely N-dealkylation sites (tertiary alicyclic amines) is 1. The van der Waals surface area contributed by atoms with Crippen molar-refractivity contribution in [2.75, 3.05) is 13.1 Å². The summed E-state index contributed by atoms with van der Waals surface area (Å²) in [7, 11) is 0. The molecule has 1 fully saturated rings. The van der Waals surface area contributed by atoms with E-state index >= 15 is 0 Å². The number of benzene rings is 1. The maximum atomic E-state index is 13.1. The molecule has 2 amide bonds. The lowest BCUT2D eigenvalue weighted by Gasteiger charge is -2.17. The van der Waals surface area contributed by atoms with Crippen molar-refractivity contribution in [2.45, 2.75) is 39.7 Å². The van der Waals surface area contributed by atoms with Gasteiger partial charge in [-0.15, -0.1) is 11.3 Å². The normalized spacial score (nSPS) is 14.5. The van der Waals surface area contributed by atoms with Crippen LogP contribution in [-0.4, -0.2) is 39.8 Å². The number of rotatable bonds is 5. The molecule has 3 heterocycles. The van der Waals surface area contributed by atoms with Crippen LogP contribution in [0, 0.1) is 13.8 Å². The van der Waals surface area contributed by atoms with Gasteiger partial charge in [-0.1, -0.05) is 6.07 Å². The van der Waals surface area contributed by atoms with Crippen LogP contribution in [0.3, 0.4) is 0 Å². The van der Waals surface area contributed by atoms with Gasteiger partial charge in [-0.3, -0.25) is 14.6 Å². The molecule has 0 aliphatic carbocycles. The average molecular weight is 435 g/mol. The smallest absolute Gasteiger partial charge is 0.253 e. The van der Waals surface area contributed by atoms with E-state index < -0.39 is 0 Å². The predicted octanol–water partition coefficient (Wildman–Crippen LogP) is 4.55. The summed E-state index contributed by atoms with van der Waals surface area (Å²) in [6.07, 6.45) is 3.82. The van der Waals surface area contributed by atoms with E-state index in [0.717, 1.165) is 53.5 Å². The van der Waals surface area contributed by atoms with Crippen molar-refractivity contribution < 1.29 is 9.59 Å². The molecule has 31 heavy (non-hydrogen) atoms. The Morgan fingerprint density at radius 1 is 1.10 bits per heavy atom. The van der Waals surface area contributed by atoms with E-state index in [4.69, 9.17) is 0 Å². The number of nitrogens with zero attached hydrogens (tertiary/aromatic N) is 3. The molecule has 0 spiro atoms. The maximum absolute atomic E-state index is 13.1. The molecule has 3 aromatic rings. The molecule has 1 N–H and O–H groups in total. The molecule has 0 bridgehead atoms. The van der Waals surface area contributed by atoms with Gasteiger partial charge >= 0.3 is 0 Å². The zero-order chi connectivity index (χ0) is 22.0. The van der Waals surface area contributed by atoms with Crippen LogP contribution in [0.5, 0.6) is 0 Å². The van der Waals surface area contributed by atoms with Crippen LogP contribution in [-0.2, 0) is 0 Å². The summed E-state index contributed by atoms with van der Waals surface area (Å²) >= 11 is 1.56.